The van der Waals surface area contributed by atoms with Gasteiger partial charge >= 0.3 is 0 Å². The van der Waals surface area contributed by atoms with Gasteiger partial charge in [-0.3, -0.25) is 9.67 Å². The predicted molar refractivity (Wildman–Crippen MR) is 76.0 cm³/mol. The molecule has 5 heteroatoms. The molecule has 18 heavy (non-hydrogen) atoms. The summed E-state index contributed by atoms with van der Waals surface area (Å²) < 4.78 is 1.94. The highest BCUT2D eigenvalue weighted by Crippen LogP contribution is 2.13. The lowest BCUT2D eigenvalue weighted by molar-refractivity contribution is 0.638. The van der Waals surface area contributed by atoms with E-state index in [9.17, 15) is 0 Å². The molecule has 0 spiro atoms. The van der Waals surface area contributed by atoms with E-state index in [0.29, 0.717) is 6.04 Å². The monoisotopic (exact) mass is 251 g/mol. The molecular weight excluding hydrogens is 226 g/mol. The second kappa shape index (κ2) is 6.42. The van der Waals surface area contributed by atoms with E-state index in [0.717, 1.165) is 24.6 Å². The first-order chi connectivity index (χ1) is 8.49. The summed E-state index contributed by atoms with van der Waals surface area (Å²) in [5.41, 5.74) is 3.67. The molecule has 1 heterocycles. The third-order valence-corrected chi connectivity index (χ3v) is 3.12. The van der Waals surface area contributed by atoms with Crippen molar-refractivity contribution in [3.05, 3.63) is 17.0 Å². The van der Waals surface area contributed by atoms with Gasteiger partial charge in [0.1, 0.15) is 0 Å². The van der Waals surface area contributed by atoms with Gasteiger partial charge in [0, 0.05) is 32.4 Å². The number of nitrogens with zero attached hydrogens (tertiary/aromatic N) is 3. The molecular formula is C13H25N5. The number of rotatable bonds is 4. The minimum Gasteiger partial charge on any atom is -0.357 e. The van der Waals surface area contributed by atoms with Crippen LogP contribution in [0.1, 0.15) is 30.8 Å². The minimum absolute atomic E-state index is 0.323. The Morgan fingerprint density at radius 2 is 2.11 bits per heavy atom. The summed E-state index contributed by atoms with van der Waals surface area (Å²) >= 11 is 0. The summed E-state index contributed by atoms with van der Waals surface area (Å²) in [4.78, 5) is 4.18. The maximum Gasteiger partial charge on any atom is 0.191 e. The average Bonchev–Trinajstić information content (AvgIpc) is 2.55. The summed E-state index contributed by atoms with van der Waals surface area (Å²) in [5, 5.41) is 11.0. The Labute approximate surface area is 110 Å². The van der Waals surface area contributed by atoms with Gasteiger partial charge < -0.3 is 10.6 Å². The Morgan fingerprint density at radius 3 is 2.56 bits per heavy atom. The Kier molecular flexibility index (Phi) is 5.19. The van der Waals surface area contributed by atoms with Crippen LogP contribution in [-0.4, -0.2) is 35.4 Å². The number of guanidine groups is 1. The van der Waals surface area contributed by atoms with Crippen molar-refractivity contribution in [1.82, 2.24) is 20.4 Å². The SMILES string of the molecule is CCNC(=NC)NC(C)Cc1c(C)nn(C)c1C. The van der Waals surface area contributed by atoms with Gasteiger partial charge in [-0.2, -0.15) is 5.10 Å². The van der Waals surface area contributed by atoms with Crippen molar-refractivity contribution in [2.24, 2.45) is 12.0 Å². The van der Waals surface area contributed by atoms with E-state index in [2.05, 4.69) is 48.4 Å². The molecule has 0 saturated heterocycles. The summed E-state index contributed by atoms with van der Waals surface area (Å²) in [5.74, 6) is 0.851. The zero-order valence-corrected chi connectivity index (χ0v) is 12.3. The molecule has 0 aliphatic heterocycles. The van der Waals surface area contributed by atoms with E-state index in [-0.39, 0.29) is 0 Å². The van der Waals surface area contributed by atoms with Crippen LogP contribution in [0, 0.1) is 13.8 Å². The summed E-state index contributed by atoms with van der Waals surface area (Å²) in [6, 6.07) is 0.323. The van der Waals surface area contributed by atoms with Crippen molar-refractivity contribution >= 4 is 5.96 Å². The van der Waals surface area contributed by atoms with Crippen LogP contribution in [0.25, 0.3) is 0 Å². The van der Waals surface area contributed by atoms with Crippen LogP contribution < -0.4 is 10.6 Å². The summed E-state index contributed by atoms with van der Waals surface area (Å²) in [6.07, 6.45) is 0.954. The minimum atomic E-state index is 0.323. The highest BCUT2D eigenvalue weighted by Gasteiger charge is 2.13. The van der Waals surface area contributed by atoms with Crippen LogP contribution in [0.4, 0.5) is 0 Å². The Balaban J connectivity index is 2.67. The second-order valence-corrected chi connectivity index (χ2v) is 4.63. The topological polar surface area (TPSA) is 54.2 Å². The highest BCUT2D eigenvalue weighted by molar-refractivity contribution is 5.79. The summed E-state index contributed by atoms with van der Waals surface area (Å²) in [7, 11) is 3.78. The molecule has 1 aromatic heterocycles. The maximum atomic E-state index is 4.44. The zero-order valence-electron chi connectivity index (χ0n) is 12.3. The van der Waals surface area contributed by atoms with Gasteiger partial charge in [-0.1, -0.05) is 0 Å². The van der Waals surface area contributed by atoms with Crippen LogP contribution in [-0.2, 0) is 13.5 Å². The first kappa shape index (κ1) is 14.5. The molecule has 2 N–H and O–H groups in total. The molecule has 0 aliphatic carbocycles. The third-order valence-electron chi connectivity index (χ3n) is 3.12. The van der Waals surface area contributed by atoms with Crippen molar-refractivity contribution in [2.45, 2.75) is 40.2 Å². The summed E-state index contributed by atoms with van der Waals surface area (Å²) in [6.45, 7) is 9.27. The van der Waals surface area contributed by atoms with E-state index in [1.165, 1.54) is 11.3 Å². The molecule has 1 atom stereocenters. The average molecular weight is 251 g/mol. The number of aryl methyl sites for hydroxylation is 2. The van der Waals surface area contributed by atoms with Gasteiger partial charge in [-0.05, 0) is 39.7 Å². The maximum absolute atomic E-state index is 4.44. The van der Waals surface area contributed by atoms with Crippen molar-refractivity contribution in [3.8, 4) is 0 Å². The molecule has 1 rings (SSSR count). The molecule has 0 radical (unpaired) electrons. The lowest BCUT2D eigenvalue weighted by atomic mass is 10.1. The molecule has 0 bridgehead atoms. The van der Waals surface area contributed by atoms with Crippen LogP contribution in [0.15, 0.2) is 4.99 Å². The number of aliphatic imine (C=N–C) groups is 1. The molecule has 0 amide bonds. The standard InChI is InChI=1S/C13H25N5/c1-7-15-13(14-5)16-9(2)8-12-10(3)17-18(6)11(12)4/h9H,7-8H2,1-6H3,(H2,14,15,16). The Hall–Kier alpha value is -1.52. The molecule has 0 saturated carbocycles. The van der Waals surface area contributed by atoms with Crippen molar-refractivity contribution in [3.63, 3.8) is 0 Å². The smallest absolute Gasteiger partial charge is 0.191 e. The molecule has 5 nitrogen and oxygen atoms in total. The van der Waals surface area contributed by atoms with Gasteiger partial charge in [-0.15, -0.1) is 0 Å². The quantitative estimate of drug-likeness (QED) is 0.623. The highest BCUT2D eigenvalue weighted by atomic mass is 15.3. The van der Waals surface area contributed by atoms with Crippen LogP contribution >= 0.6 is 0 Å². The number of aromatic nitrogens is 2. The second-order valence-electron chi connectivity index (χ2n) is 4.63. The van der Waals surface area contributed by atoms with E-state index >= 15 is 0 Å². The Bertz CT molecular complexity index is 419. The largest absolute Gasteiger partial charge is 0.357 e. The van der Waals surface area contributed by atoms with E-state index in [4.69, 9.17) is 0 Å². The first-order valence-corrected chi connectivity index (χ1v) is 6.45. The molecule has 1 unspecified atom stereocenters. The lowest BCUT2D eigenvalue weighted by Crippen LogP contribution is -2.43. The molecule has 0 fully saturated rings. The van der Waals surface area contributed by atoms with Gasteiger partial charge in [0.05, 0.1) is 5.69 Å². The molecule has 102 valence electrons. The Morgan fingerprint density at radius 1 is 1.44 bits per heavy atom. The van der Waals surface area contributed by atoms with E-state index in [1.54, 1.807) is 7.05 Å². The van der Waals surface area contributed by atoms with Crippen LogP contribution in [0.2, 0.25) is 0 Å². The van der Waals surface area contributed by atoms with Crippen LogP contribution in [0.3, 0.4) is 0 Å². The first-order valence-electron chi connectivity index (χ1n) is 6.45. The van der Waals surface area contributed by atoms with Gasteiger partial charge in [0.25, 0.3) is 0 Å². The van der Waals surface area contributed by atoms with Crippen molar-refractivity contribution in [2.75, 3.05) is 13.6 Å². The van der Waals surface area contributed by atoms with Gasteiger partial charge in [-0.25, -0.2) is 0 Å². The normalized spacial score (nSPS) is 13.6. The van der Waals surface area contributed by atoms with Crippen molar-refractivity contribution < 1.29 is 0 Å². The fourth-order valence-corrected chi connectivity index (χ4v) is 2.07. The van der Waals surface area contributed by atoms with Gasteiger partial charge in [0.15, 0.2) is 5.96 Å². The van der Waals surface area contributed by atoms with Gasteiger partial charge in [0.2, 0.25) is 0 Å². The predicted octanol–water partition coefficient (Wildman–Crippen LogP) is 1.15. The molecule has 0 aromatic carbocycles. The van der Waals surface area contributed by atoms with Crippen LogP contribution in [0.5, 0.6) is 0 Å². The molecule has 1 aromatic rings. The number of nitrogens with one attached hydrogen (secondary N) is 2. The fourth-order valence-electron chi connectivity index (χ4n) is 2.07. The third kappa shape index (κ3) is 3.48. The number of hydrogen-bond donors (Lipinski definition) is 2. The zero-order chi connectivity index (χ0) is 13.7. The van der Waals surface area contributed by atoms with E-state index in [1.807, 2.05) is 11.7 Å². The molecule has 0 aliphatic rings. The number of hydrogen-bond acceptors (Lipinski definition) is 2. The van der Waals surface area contributed by atoms with E-state index < -0.39 is 0 Å². The van der Waals surface area contributed by atoms with Crippen molar-refractivity contribution in [1.29, 1.82) is 0 Å². The fraction of sp³-hybridized carbons (Fsp3) is 0.692. The lowest BCUT2D eigenvalue weighted by Gasteiger charge is -2.17.